The van der Waals surface area contributed by atoms with Gasteiger partial charge in [0.2, 0.25) is 0 Å². The van der Waals surface area contributed by atoms with Crippen molar-refractivity contribution in [3.8, 4) is 5.75 Å². The van der Waals surface area contributed by atoms with Crippen molar-refractivity contribution < 1.29 is 19.1 Å². The van der Waals surface area contributed by atoms with Gasteiger partial charge in [-0.1, -0.05) is 43.7 Å². The first-order valence-electron chi connectivity index (χ1n) is 9.85. The van der Waals surface area contributed by atoms with Crippen molar-refractivity contribution in [2.45, 2.75) is 39.7 Å². The van der Waals surface area contributed by atoms with Gasteiger partial charge >= 0.3 is 5.97 Å². The molecule has 5 nitrogen and oxygen atoms in total. The minimum Gasteiger partial charge on any atom is -0.494 e. The summed E-state index contributed by atoms with van der Waals surface area (Å²) in [7, 11) is 0. The monoisotopic (exact) mass is 383 g/mol. The van der Waals surface area contributed by atoms with E-state index in [0.717, 1.165) is 24.2 Å². The number of rotatable bonds is 11. The minimum atomic E-state index is -0.298. The second kappa shape index (κ2) is 11.8. The van der Waals surface area contributed by atoms with Crippen LogP contribution in [0.2, 0.25) is 0 Å². The maximum atomic E-state index is 13.0. The van der Waals surface area contributed by atoms with Gasteiger partial charge in [-0.3, -0.25) is 9.59 Å². The zero-order valence-corrected chi connectivity index (χ0v) is 16.7. The van der Waals surface area contributed by atoms with Crippen LogP contribution in [0.25, 0.3) is 0 Å². The maximum absolute atomic E-state index is 13.0. The van der Waals surface area contributed by atoms with Gasteiger partial charge in [-0.25, -0.2) is 0 Å². The van der Waals surface area contributed by atoms with E-state index < -0.39 is 0 Å². The number of benzene rings is 2. The lowest BCUT2D eigenvalue weighted by atomic mass is 10.1. The zero-order chi connectivity index (χ0) is 20.2. The predicted molar refractivity (Wildman–Crippen MR) is 109 cm³/mol. The van der Waals surface area contributed by atoms with Crippen molar-refractivity contribution in [1.82, 2.24) is 4.90 Å². The molecule has 0 aliphatic heterocycles. The quantitative estimate of drug-likeness (QED) is 0.425. The number of nitrogens with zero attached hydrogens (tertiary/aromatic N) is 1. The van der Waals surface area contributed by atoms with E-state index in [4.69, 9.17) is 9.47 Å². The Morgan fingerprint density at radius 2 is 1.68 bits per heavy atom. The van der Waals surface area contributed by atoms with Crippen molar-refractivity contribution >= 4 is 11.9 Å². The molecule has 2 aromatic rings. The molecule has 0 aliphatic rings. The lowest BCUT2D eigenvalue weighted by molar-refractivity contribution is -0.143. The first-order chi connectivity index (χ1) is 13.6. The molecular weight excluding hydrogens is 354 g/mol. The number of carbonyl (C=O) groups is 2. The SMILES string of the molecule is CCCCOc1ccc(C(=O)N(CCC(=O)OCC)Cc2ccccc2)cc1. The van der Waals surface area contributed by atoms with E-state index in [0.29, 0.717) is 31.9 Å². The molecule has 0 saturated carbocycles. The summed E-state index contributed by atoms with van der Waals surface area (Å²) in [5.41, 5.74) is 1.59. The minimum absolute atomic E-state index is 0.117. The molecule has 0 spiro atoms. The summed E-state index contributed by atoms with van der Waals surface area (Å²) in [6.07, 6.45) is 2.25. The number of amides is 1. The molecule has 0 fully saturated rings. The van der Waals surface area contributed by atoms with Crippen molar-refractivity contribution in [3.05, 3.63) is 65.7 Å². The maximum Gasteiger partial charge on any atom is 0.307 e. The normalized spacial score (nSPS) is 10.4. The first-order valence-corrected chi connectivity index (χ1v) is 9.85. The molecule has 0 aliphatic carbocycles. The standard InChI is InChI=1S/C23H29NO4/c1-3-5-17-28-21-13-11-20(12-14-21)23(26)24(16-15-22(25)27-4-2)18-19-9-7-6-8-10-19/h6-14H,3-5,15-18H2,1-2H3. The highest BCUT2D eigenvalue weighted by atomic mass is 16.5. The molecule has 5 heteroatoms. The molecule has 0 bridgehead atoms. The zero-order valence-electron chi connectivity index (χ0n) is 16.7. The molecule has 0 saturated heterocycles. The van der Waals surface area contributed by atoms with Crippen LogP contribution in [0.3, 0.4) is 0 Å². The molecule has 0 unspecified atom stereocenters. The van der Waals surface area contributed by atoms with Gasteiger partial charge in [-0.2, -0.15) is 0 Å². The fourth-order valence-electron chi connectivity index (χ4n) is 2.73. The van der Waals surface area contributed by atoms with E-state index in [1.54, 1.807) is 24.0 Å². The molecule has 150 valence electrons. The lowest BCUT2D eigenvalue weighted by Gasteiger charge is -2.23. The second-order valence-corrected chi connectivity index (χ2v) is 6.49. The Balaban J connectivity index is 2.07. The highest BCUT2D eigenvalue weighted by Crippen LogP contribution is 2.16. The molecule has 1 amide bonds. The summed E-state index contributed by atoms with van der Waals surface area (Å²) in [4.78, 5) is 26.5. The predicted octanol–water partition coefficient (Wildman–Crippen LogP) is 4.46. The van der Waals surface area contributed by atoms with Gasteiger partial charge < -0.3 is 14.4 Å². The Bertz CT molecular complexity index is 728. The molecule has 2 aromatic carbocycles. The number of carbonyl (C=O) groups excluding carboxylic acids is 2. The van der Waals surface area contributed by atoms with Gasteiger partial charge in [0, 0.05) is 18.7 Å². The summed E-state index contributed by atoms with van der Waals surface area (Å²) < 4.78 is 10.7. The van der Waals surface area contributed by atoms with Gasteiger partial charge in [-0.05, 0) is 43.2 Å². The topological polar surface area (TPSA) is 55.8 Å². The highest BCUT2D eigenvalue weighted by molar-refractivity contribution is 5.94. The summed E-state index contributed by atoms with van der Waals surface area (Å²) in [5, 5.41) is 0. The van der Waals surface area contributed by atoms with Crippen LogP contribution in [0.1, 0.15) is 49.0 Å². The largest absolute Gasteiger partial charge is 0.494 e. The molecule has 28 heavy (non-hydrogen) atoms. The Morgan fingerprint density at radius 1 is 0.964 bits per heavy atom. The van der Waals surface area contributed by atoms with Crippen LogP contribution in [0.5, 0.6) is 5.75 Å². The van der Waals surface area contributed by atoms with Crippen LogP contribution in [0, 0.1) is 0 Å². The summed E-state index contributed by atoms with van der Waals surface area (Å²) >= 11 is 0. The molecule has 0 radical (unpaired) electrons. The van der Waals surface area contributed by atoms with Crippen molar-refractivity contribution in [3.63, 3.8) is 0 Å². The van der Waals surface area contributed by atoms with E-state index in [-0.39, 0.29) is 18.3 Å². The Morgan fingerprint density at radius 3 is 2.32 bits per heavy atom. The molecule has 0 N–H and O–H groups in total. The number of unbranched alkanes of at least 4 members (excludes halogenated alkanes) is 1. The van der Waals surface area contributed by atoms with Crippen LogP contribution < -0.4 is 4.74 Å². The van der Waals surface area contributed by atoms with Gasteiger partial charge in [0.1, 0.15) is 5.75 Å². The van der Waals surface area contributed by atoms with E-state index in [1.807, 2.05) is 42.5 Å². The lowest BCUT2D eigenvalue weighted by Crippen LogP contribution is -2.32. The van der Waals surface area contributed by atoms with Crippen LogP contribution >= 0.6 is 0 Å². The summed E-state index contributed by atoms with van der Waals surface area (Å²) in [6.45, 7) is 5.64. The van der Waals surface area contributed by atoms with Crippen molar-refractivity contribution in [2.75, 3.05) is 19.8 Å². The van der Waals surface area contributed by atoms with Gasteiger partial charge in [0.15, 0.2) is 0 Å². The van der Waals surface area contributed by atoms with Crippen molar-refractivity contribution in [1.29, 1.82) is 0 Å². The molecule has 2 rings (SSSR count). The van der Waals surface area contributed by atoms with Crippen LogP contribution in [0.15, 0.2) is 54.6 Å². The van der Waals surface area contributed by atoms with Crippen LogP contribution in [0.4, 0.5) is 0 Å². The third kappa shape index (κ3) is 7.06. The third-order valence-electron chi connectivity index (χ3n) is 4.26. The number of esters is 1. The number of ether oxygens (including phenoxy) is 2. The smallest absolute Gasteiger partial charge is 0.307 e. The molecular formula is C23H29NO4. The van der Waals surface area contributed by atoms with Gasteiger partial charge in [0.05, 0.1) is 19.6 Å². The second-order valence-electron chi connectivity index (χ2n) is 6.49. The summed E-state index contributed by atoms with van der Waals surface area (Å²) in [5.74, 6) is 0.340. The van der Waals surface area contributed by atoms with Gasteiger partial charge in [-0.15, -0.1) is 0 Å². The number of hydrogen-bond donors (Lipinski definition) is 0. The van der Waals surface area contributed by atoms with Gasteiger partial charge in [0.25, 0.3) is 5.91 Å². The van der Waals surface area contributed by atoms with Crippen LogP contribution in [-0.4, -0.2) is 36.5 Å². The Kier molecular flexibility index (Phi) is 9.05. The third-order valence-corrected chi connectivity index (χ3v) is 4.26. The van der Waals surface area contributed by atoms with E-state index in [1.165, 1.54) is 0 Å². The van der Waals surface area contributed by atoms with Crippen LogP contribution in [-0.2, 0) is 16.1 Å². The molecule has 0 atom stereocenters. The fourth-order valence-corrected chi connectivity index (χ4v) is 2.73. The molecule has 0 aromatic heterocycles. The van der Waals surface area contributed by atoms with Crippen molar-refractivity contribution in [2.24, 2.45) is 0 Å². The van der Waals surface area contributed by atoms with E-state index >= 15 is 0 Å². The highest BCUT2D eigenvalue weighted by Gasteiger charge is 2.18. The Hall–Kier alpha value is -2.82. The Labute approximate surface area is 167 Å². The summed E-state index contributed by atoms with van der Waals surface area (Å²) in [6, 6.07) is 16.9. The molecule has 0 heterocycles. The number of hydrogen-bond acceptors (Lipinski definition) is 4. The fraction of sp³-hybridized carbons (Fsp3) is 0.391. The van der Waals surface area contributed by atoms with E-state index in [2.05, 4.69) is 6.92 Å². The van der Waals surface area contributed by atoms with E-state index in [9.17, 15) is 9.59 Å². The average molecular weight is 383 g/mol. The first kappa shape index (κ1) is 21.5. The average Bonchev–Trinajstić information content (AvgIpc) is 2.72.